The number of nitrogens with two attached hydrogens (primary N) is 1. The first-order valence-corrected chi connectivity index (χ1v) is 6.84. The number of nitrogens with one attached hydrogen (secondary N) is 1. The summed E-state index contributed by atoms with van der Waals surface area (Å²) in [6.45, 7) is 4.48. The highest BCUT2D eigenvalue weighted by molar-refractivity contribution is 7.89. The fourth-order valence-electron chi connectivity index (χ4n) is 1.44. The molecule has 0 spiro atoms. The minimum atomic E-state index is -3.45. The average Bonchev–Trinajstić information content (AvgIpc) is 1.98. The molecule has 0 heterocycles. The molecule has 3 N–H and O–H groups in total. The summed E-state index contributed by atoms with van der Waals surface area (Å²) in [4.78, 5) is 11.3. The Morgan fingerprint density at radius 3 is 2.27 bits per heavy atom. The van der Waals surface area contributed by atoms with Crippen LogP contribution in [-0.4, -0.2) is 27.1 Å². The SMILES string of the molecule is CC(C)CC(CN)CC(=O)NS(C)(=O)=O. The van der Waals surface area contributed by atoms with Crippen molar-refractivity contribution in [3.8, 4) is 0 Å². The molecule has 0 aliphatic heterocycles. The van der Waals surface area contributed by atoms with Crippen LogP contribution in [0.15, 0.2) is 0 Å². The molecule has 90 valence electrons. The summed E-state index contributed by atoms with van der Waals surface area (Å²) >= 11 is 0. The van der Waals surface area contributed by atoms with Gasteiger partial charge in [0, 0.05) is 6.42 Å². The van der Waals surface area contributed by atoms with Crippen LogP contribution in [0.2, 0.25) is 0 Å². The number of rotatable bonds is 6. The molecule has 0 aromatic heterocycles. The Labute approximate surface area is 91.5 Å². The van der Waals surface area contributed by atoms with E-state index < -0.39 is 15.9 Å². The first kappa shape index (κ1) is 14.4. The van der Waals surface area contributed by atoms with Crippen molar-refractivity contribution in [1.29, 1.82) is 0 Å². The molecule has 0 aliphatic rings. The number of hydrogen-bond donors (Lipinski definition) is 2. The van der Waals surface area contributed by atoms with Gasteiger partial charge in [0.2, 0.25) is 15.9 Å². The van der Waals surface area contributed by atoms with E-state index in [1.807, 2.05) is 18.6 Å². The van der Waals surface area contributed by atoms with Gasteiger partial charge >= 0.3 is 0 Å². The van der Waals surface area contributed by atoms with Crippen molar-refractivity contribution >= 4 is 15.9 Å². The maximum absolute atomic E-state index is 11.3. The first-order valence-electron chi connectivity index (χ1n) is 4.95. The Morgan fingerprint density at radius 1 is 1.40 bits per heavy atom. The smallest absolute Gasteiger partial charge is 0.233 e. The Kier molecular flexibility index (Phi) is 5.82. The fourth-order valence-corrected chi connectivity index (χ4v) is 1.94. The molecule has 5 nitrogen and oxygen atoms in total. The molecular formula is C9H20N2O3S. The van der Waals surface area contributed by atoms with E-state index in [1.54, 1.807) is 0 Å². The largest absolute Gasteiger partial charge is 0.330 e. The zero-order chi connectivity index (χ0) is 12.1. The lowest BCUT2D eigenvalue weighted by molar-refractivity contribution is -0.120. The molecule has 1 amide bonds. The highest BCUT2D eigenvalue weighted by Gasteiger charge is 2.16. The fraction of sp³-hybridized carbons (Fsp3) is 0.889. The maximum Gasteiger partial charge on any atom is 0.233 e. The van der Waals surface area contributed by atoms with Crippen molar-refractivity contribution in [2.24, 2.45) is 17.6 Å². The molecule has 0 aliphatic carbocycles. The monoisotopic (exact) mass is 236 g/mol. The molecule has 0 fully saturated rings. The van der Waals surface area contributed by atoms with Gasteiger partial charge in [-0.15, -0.1) is 0 Å². The topological polar surface area (TPSA) is 89.3 Å². The highest BCUT2D eigenvalue weighted by Crippen LogP contribution is 2.13. The van der Waals surface area contributed by atoms with E-state index in [2.05, 4.69) is 0 Å². The molecule has 15 heavy (non-hydrogen) atoms. The predicted octanol–water partition coefficient (Wildman–Crippen LogP) is 0.0733. The lowest BCUT2D eigenvalue weighted by Gasteiger charge is -2.15. The molecule has 0 aromatic rings. The zero-order valence-electron chi connectivity index (χ0n) is 9.49. The number of amides is 1. The van der Waals surface area contributed by atoms with Crippen molar-refractivity contribution in [1.82, 2.24) is 4.72 Å². The zero-order valence-corrected chi connectivity index (χ0v) is 10.3. The molecule has 0 rings (SSSR count). The van der Waals surface area contributed by atoms with Crippen LogP contribution < -0.4 is 10.5 Å². The molecule has 1 unspecified atom stereocenters. The first-order chi connectivity index (χ1) is 6.74. The van der Waals surface area contributed by atoms with Crippen LogP contribution >= 0.6 is 0 Å². The average molecular weight is 236 g/mol. The van der Waals surface area contributed by atoms with Gasteiger partial charge in [-0.1, -0.05) is 13.8 Å². The van der Waals surface area contributed by atoms with E-state index in [1.165, 1.54) is 0 Å². The van der Waals surface area contributed by atoms with E-state index in [4.69, 9.17) is 5.73 Å². The third-order valence-electron chi connectivity index (χ3n) is 1.91. The summed E-state index contributed by atoms with van der Waals surface area (Å²) in [5.41, 5.74) is 5.50. The highest BCUT2D eigenvalue weighted by atomic mass is 32.2. The van der Waals surface area contributed by atoms with Gasteiger partial charge in [0.15, 0.2) is 0 Å². The normalized spacial score (nSPS) is 13.9. The van der Waals surface area contributed by atoms with Crippen LogP contribution in [0.1, 0.15) is 26.7 Å². The van der Waals surface area contributed by atoms with E-state index >= 15 is 0 Å². The molecule has 0 saturated carbocycles. The quantitative estimate of drug-likeness (QED) is 0.683. The van der Waals surface area contributed by atoms with Crippen LogP contribution in [-0.2, 0) is 14.8 Å². The van der Waals surface area contributed by atoms with Gasteiger partial charge in [-0.2, -0.15) is 0 Å². The van der Waals surface area contributed by atoms with Crippen molar-refractivity contribution in [3.63, 3.8) is 0 Å². The summed E-state index contributed by atoms with van der Waals surface area (Å²) < 4.78 is 23.5. The van der Waals surface area contributed by atoms with Gasteiger partial charge in [-0.25, -0.2) is 8.42 Å². The van der Waals surface area contributed by atoms with Crippen LogP contribution in [0.25, 0.3) is 0 Å². The number of carbonyl (C=O) groups is 1. The molecule has 0 aromatic carbocycles. The molecule has 0 saturated heterocycles. The van der Waals surface area contributed by atoms with Crippen molar-refractivity contribution in [3.05, 3.63) is 0 Å². The minimum absolute atomic E-state index is 0.0479. The van der Waals surface area contributed by atoms with Crippen LogP contribution in [0, 0.1) is 11.8 Å². The van der Waals surface area contributed by atoms with Crippen LogP contribution in [0.5, 0.6) is 0 Å². The lowest BCUT2D eigenvalue weighted by atomic mass is 9.94. The Balaban J connectivity index is 4.13. The standard InChI is InChI=1S/C9H20N2O3S/c1-7(2)4-8(6-10)5-9(12)11-15(3,13)14/h7-8H,4-6,10H2,1-3H3,(H,11,12). The van der Waals surface area contributed by atoms with Gasteiger partial charge in [0.1, 0.15) is 0 Å². The lowest BCUT2D eigenvalue weighted by Crippen LogP contribution is -2.32. The van der Waals surface area contributed by atoms with Crippen LogP contribution in [0.4, 0.5) is 0 Å². The summed E-state index contributed by atoms with van der Waals surface area (Å²) in [6.07, 6.45) is 1.96. The van der Waals surface area contributed by atoms with Gasteiger partial charge < -0.3 is 5.73 Å². The second-order valence-electron chi connectivity index (χ2n) is 4.23. The molecule has 0 bridgehead atoms. The van der Waals surface area contributed by atoms with E-state index in [9.17, 15) is 13.2 Å². The summed E-state index contributed by atoms with van der Waals surface area (Å²) in [5, 5.41) is 0. The number of hydrogen-bond acceptors (Lipinski definition) is 4. The van der Waals surface area contributed by atoms with Gasteiger partial charge in [0.05, 0.1) is 6.26 Å². The molecule has 6 heteroatoms. The second-order valence-corrected chi connectivity index (χ2v) is 5.98. The Morgan fingerprint density at radius 2 is 1.93 bits per heavy atom. The van der Waals surface area contributed by atoms with Gasteiger partial charge in [0.25, 0.3) is 0 Å². The van der Waals surface area contributed by atoms with Gasteiger partial charge in [-0.3, -0.25) is 9.52 Å². The minimum Gasteiger partial charge on any atom is -0.330 e. The summed E-state index contributed by atoms with van der Waals surface area (Å²) in [7, 11) is -3.45. The van der Waals surface area contributed by atoms with Crippen LogP contribution in [0.3, 0.4) is 0 Å². The second kappa shape index (κ2) is 6.07. The van der Waals surface area contributed by atoms with E-state index in [-0.39, 0.29) is 12.3 Å². The Hall–Kier alpha value is -0.620. The Bertz CT molecular complexity index is 298. The third kappa shape index (κ3) is 8.38. The molecule has 1 atom stereocenters. The van der Waals surface area contributed by atoms with Crippen molar-refractivity contribution in [2.75, 3.05) is 12.8 Å². The maximum atomic E-state index is 11.3. The number of sulfonamides is 1. The summed E-state index contributed by atoms with van der Waals surface area (Å²) in [5.74, 6) is 0.0185. The summed E-state index contributed by atoms with van der Waals surface area (Å²) in [6, 6.07) is 0. The van der Waals surface area contributed by atoms with E-state index in [0.717, 1.165) is 12.7 Å². The van der Waals surface area contributed by atoms with E-state index in [0.29, 0.717) is 12.5 Å². The van der Waals surface area contributed by atoms with Gasteiger partial charge in [-0.05, 0) is 24.8 Å². The molecule has 0 radical (unpaired) electrons. The van der Waals surface area contributed by atoms with Crippen molar-refractivity contribution < 1.29 is 13.2 Å². The number of carbonyl (C=O) groups excluding carboxylic acids is 1. The third-order valence-corrected chi connectivity index (χ3v) is 2.51. The van der Waals surface area contributed by atoms with Crippen molar-refractivity contribution in [2.45, 2.75) is 26.7 Å². The molecular weight excluding hydrogens is 216 g/mol. The predicted molar refractivity (Wildman–Crippen MR) is 59.6 cm³/mol.